The SMILES string of the molecule is O=C(O)C1=CCN(c2ccccc2)c2ccccc21. The summed E-state index contributed by atoms with van der Waals surface area (Å²) in [4.78, 5) is 13.4. The van der Waals surface area contributed by atoms with Crippen LogP contribution in [0.15, 0.2) is 60.7 Å². The minimum atomic E-state index is -0.875. The van der Waals surface area contributed by atoms with Gasteiger partial charge >= 0.3 is 5.97 Å². The molecule has 0 amide bonds. The molecule has 0 atom stereocenters. The minimum Gasteiger partial charge on any atom is -0.478 e. The van der Waals surface area contributed by atoms with Crippen molar-refractivity contribution in [2.45, 2.75) is 0 Å². The maximum atomic E-state index is 11.3. The molecule has 1 N–H and O–H groups in total. The number of carbonyl (C=O) groups is 1. The van der Waals surface area contributed by atoms with E-state index in [0.29, 0.717) is 12.1 Å². The lowest BCUT2D eigenvalue weighted by atomic mass is 9.98. The molecule has 1 heterocycles. The normalized spacial score (nSPS) is 13.7. The molecule has 0 aliphatic carbocycles. The van der Waals surface area contributed by atoms with Crippen LogP contribution in [0.2, 0.25) is 0 Å². The zero-order valence-electron chi connectivity index (χ0n) is 10.3. The van der Waals surface area contributed by atoms with Gasteiger partial charge in [0.25, 0.3) is 0 Å². The molecule has 0 bridgehead atoms. The van der Waals surface area contributed by atoms with Gasteiger partial charge in [0.05, 0.1) is 5.57 Å². The van der Waals surface area contributed by atoms with Gasteiger partial charge < -0.3 is 10.0 Å². The molecule has 1 aliphatic heterocycles. The number of fused-ring (bicyclic) bond motifs is 1. The van der Waals surface area contributed by atoms with Crippen LogP contribution in [0.1, 0.15) is 5.56 Å². The van der Waals surface area contributed by atoms with Crippen molar-refractivity contribution in [3.63, 3.8) is 0 Å². The van der Waals surface area contributed by atoms with Crippen LogP contribution < -0.4 is 4.90 Å². The van der Waals surface area contributed by atoms with Crippen LogP contribution in [-0.2, 0) is 4.79 Å². The first-order valence-electron chi connectivity index (χ1n) is 6.13. The van der Waals surface area contributed by atoms with Gasteiger partial charge in [-0.25, -0.2) is 4.79 Å². The number of para-hydroxylation sites is 2. The number of carboxylic acid groups (broad SMARTS) is 1. The van der Waals surface area contributed by atoms with Crippen molar-refractivity contribution in [2.24, 2.45) is 0 Å². The second-order valence-corrected chi connectivity index (χ2v) is 4.39. The summed E-state index contributed by atoms with van der Waals surface area (Å²) >= 11 is 0. The molecule has 2 aromatic carbocycles. The van der Waals surface area contributed by atoms with Gasteiger partial charge in [-0.1, -0.05) is 36.4 Å². The first-order valence-corrected chi connectivity index (χ1v) is 6.13. The van der Waals surface area contributed by atoms with Gasteiger partial charge in [-0.15, -0.1) is 0 Å². The summed E-state index contributed by atoms with van der Waals surface area (Å²) in [7, 11) is 0. The Bertz CT molecular complexity index is 647. The van der Waals surface area contributed by atoms with Gasteiger partial charge in [0.2, 0.25) is 0 Å². The number of nitrogens with zero attached hydrogens (tertiary/aromatic N) is 1. The van der Waals surface area contributed by atoms with E-state index >= 15 is 0 Å². The van der Waals surface area contributed by atoms with Gasteiger partial charge in [-0.2, -0.15) is 0 Å². The average molecular weight is 251 g/mol. The van der Waals surface area contributed by atoms with Crippen molar-refractivity contribution in [3.05, 3.63) is 66.2 Å². The van der Waals surface area contributed by atoms with Gasteiger partial charge in [0, 0.05) is 23.5 Å². The molecule has 2 aromatic rings. The molecule has 19 heavy (non-hydrogen) atoms. The molecule has 3 heteroatoms. The Balaban J connectivity index is 2.11. The number of anilines is 2. The highest BCUT2D eigenvalue weighted by molar-refractivity contribution is 6.18. The van der Waals surface area contributed by atoms with Gasteiger partial charge in [-0.3, -0.25) is 0 Å². The standard InChI is InChI=1S/C16H13NO2/c18-16(19)14-10-11-17(12-6-2-1-3-7-12)15-9-5-4-8-13(14)15/h1-10H,11H2,(H,18,19). The van der Waals surface area contributed by atoms with Crippen LogP contribution in [0.25, 0.3) is 5.57 Å². The fraction of sp³-hybridized carbons (Fsp3) is 0.0625. The highest BCUT2D eigenvalue weighted by Crippen LogP contribution is 2.35. The molecule has 0 fully saturated rings. The Hall–Kier alpha value is -2.55. The van der Waals surface area contributed by atoms with Crippen LogP contribution in [0.4, 0.5) is 11.4 Å². The third-order valence-electron chi connectivity index (χ3n) is 3.26. The predicted octanol–water partition coefficient (Wildman–Crippen LogP) is 3.31. The third-order valence-corrected chi connectivity index (χ3v) is 3.26. The number of benzene rings is 2. The zero-order chi connectivity index (χ0) is 13.2. The average Bonchev–Trinajstić information content (AvgIpc) is 2.47. The van der Waals surface area contributed by atoms with Crippen LogP contribution in [0.3, 0.4) is 0 Å². The maximum Gasteiger partial charge on any atom is 0.336 e. The Labute approximate surface area is 111 Å². The molecular weight excluding hydrogens is 238 g/mol. The summed E-state index contributed by atoms with van der Waals surface area (Å²) in [6.07, 6.45) is 1.76. The smallest absolute Gasteiger partial charge is 0.336 e. The minimum absolute atomic E-state index is 0.378. The van der Waals surface area contributed by atoms with E-state index < -0.39 is 5.97 Å². The van der Waals surface area contributed by atoms with E-state index in [-0.39, 0.29) is 0 Å². The van der Waals surface area contributed by atoms with E-state index in [4.69, 9.17) is 0 Å². The fourth-order valence-corrected chi connectivity index (χ4v) is 2.38. The van der Waals surface area contributed by atoms with Crippen LogP contribution in [0.5, 0.6) is 0 Å². The summed E-state index contributed by atoms with van der Waals surface area (Å²) < 4.78 is 0. The molecule has 1 aliphatic rings. The third kappa shape index (κ3) is 1.99. The van der Waals surface area contributed by atoms with Crippen molar-refractivity contribution in [1.82, 2.24) is 0 Å². The molecule has 0 saturated carbocycles. The molecule has 3 rings (SSSR count). The van der Waals surface area contributed by atoms with Crippen molar-refractivity contribution in [3.8, 4) is 0 Å². The lowest BCUT2D eigenvalue weighted by Gasteiger charge is -2.29. The second-order valence-electron chi connectivity index (χ2n) is 4.39. The molecular formula is C16H13NO2. The highest BCUT2D eigenvalue weighted by Gasteiger charge is 2.22. The van der Waals surface area contributed by atoms with Crippen molar-refractivity contribution in [1.29, 1.82) is 0 Å². The summed E-state index contributed by atoms with van der Waals surface area (Å²) in [5.41, 5.74) is 3.15. The summed E-state index contributed by atoms with van der Waals surface area (Å²) in [6, 6.07) is 17.6. The molecule has 3 nitrogen and oxygen atoms in total. The number of rotatable bonds is 2. The number of aliphatic carboxylic acids is 1. The lowest BCUT2D eigenvalue weighted by Crippen LogP contribution is -2.23. The van der Waals surface area contributed by atoms with E-state index in [1.165, 1.54) is 0 Å². The zero-order valence-corrected chi connectivity index (χ0v) is 10.3. The van der Waals surface area contributed by atoms with Crippen LogP contribution >= 0.6 is 0 Å². The molecule has 0 saturated heterocycles. The van der Waals surface area contributed by atoms with Crippen LogP contribution in [0, 0.1) is 0 Å². The Morgan fingerprint density at radius 2 is 1.68 bits per heavy atom. The van der Waals surface area contributed by atoms with E-state index in [0.717, 1.165) is 16.9 Å². The monoisotopic (exact) mass is 251 g/mol. The van der Waals surface area contributed by atoms with E-state index in [1.807, 2.05) is 54.6 Å². The Morgan fingerprint density at radius 1 is 1.00 bits per heavy atom. The number of hydrogen-bond donors (Lipinski definition) is 1. The number of hydrogen-bond acceptors (Lipinski definition) is 2. The predicted molar refractivity (Wildman–Crippen MR) is 75.5 cm³/mol. The van der Waals surface area contributed by atoms with Crippen LogP contribution in [-0.4, -0.2) is 17.6 Å². The molecule has 0 aromatic heterocycles. The van der Waals surface area contributed by atoms with E-state index in [2.05, 4.69) is 4.90 Å². The first kappa shape index (κ1) is 11.5. The molecule has 94 valence electrons. The Kier molecular flexibility index (Phi) is 2.80. The molecule has 0 radical (unpaired) electrons. The van der Waals surface area contributed by atoms with Crippen molar-refractivity contribution in [2.75, 3.05) is 11.4 Å². The quantitative estimate of drug-likeness (QED) is 0.890. The fourth-order valence-electron chi connectivity index (χ4n) is 2.38. The van der Waals surface area contributed by atoms with Gasteiger partial charge in [0.1, 0.15) is 0 Å². The second kappa shape index (κ2) is 4.61. The first-order chi connectivity index (χ1) is 9.27. The Morgan fingerprint density at radius 3 is 2.42 bits per heavy atom. The molecule has 0 unspecified atom stereocenters. The molecule has 0 spiro atoms. The lowest BCUT2D eigenvalue weighted by molar-refractivity contribution is -0.130. The van der Waals surface area contributed by atoms with E-state index in [9.17, 15) is 9.90 Å². The van der Waals surface area contributed by atoms with Crippen molar-refractivity contribution >= 4 is 22.9 Å². The summed E-state index contributed by atoms with van der Waals surface area (Å²) in [5, 5.41) is 9.26. The van der Waals surface area contributed by atoms with Gasteiger partial charge in [-0.05, 0) is 24.3 Å². The largest absolute Gasteiger partial charge is 0.478 e. The van der Waals surface area contributed by atoms with E-state index in [1.54, 1.807) is 6.08 Å². The maximum absolute atomic E-state index is 11.3. The van der Waals surface area contributed by atoms with Crippen molar-refractivity contribution < 1.29 is 9.90 Å². The topological polar surface area (TPSA) is 40.5 Å². The van der Waals surface area contributed by atoms with Gasteiger partial charge in [0.15, 0.2) is 0 Å². The number of carboxylic acids is 1. The summed E-state index contributed by atoms with van der Waals surface area (Å²) in [5.74, 6) is -0.875. The summed E-state index contributed by atoms with van der Waals surface area (Å²) in [6.45, 7) is 0.572. The highest BCUT2D eigenvalue weighted by atomic mass is 16.4.